The highest BCUT2D eigenvalue weighted by Gasteiger charge is 2.27. The topological polar surface area (TPSA) is 76.7 Å². The van der Waals surface area contributed by atoms with Crippen LogP contribution in [0.4, 0.5) is 5.69 Å². The van der Waals surface area contributed by atoms with Crippen molar-refractivity contribution in [3.63, 3.8) is 0 Å². The SMILES string of the molecule is COc1ccc(OC)c(NC(=O)[C@H]2CCC(=O)N2)c1. The third kappa shape index (κ3) is 2.96. The smallest absolute Gasteiger partial charge is 0.247 e. The number of hydrogen-bond acceptors (Lipinski definition) is 4. The molecule has 0 spiro atoms. The number of methoxy groups -OCH3 is 2. The van der Waals surface area contributed by atoms with Gasteiger partial charge in [-0.1, -0.05) is 0 Å². The van der Waals surface area contributed by atoms with E-state index in [1.54, 1.807) is 25.3 Å². The highest BCUT2D eigenvalue weighted by atomic mass is 16.5. The fourth-order valence-corrected chi connectivity index (χ4v) is 1.94. The Morgan fingerprint density at radius 2 is 2.16 bits per heavy atom. The second kappa shape index (κ2) is 5.60. The van der Waals surface area contributed by atoms with Gasteiger partial charge in [0.25, 0.3) is 0 Å². The zero-order chi connectivity index (χ0) is 13.8. The van der Waals surface area contributed by atoms with Gasteiger partial charge in [-0.05, 0) is 18.6 Å². The number of carbonyl (C=O) groups is 2. The second-order valence-corrected chi connectivity index (χ2v) is 4.21. The van der Waals surface area contributed by atoms with Crippen LogP contribution in [0.15, 0.2) is 18.2 Å². The first-order valence-electron chi connectivity index (χ1n) is 5.96. The molecule has 6 nitrogen and oxygen atoms in total. The number of ether oxygens (including phenoxy) is 2. The molecule has 2 N–H and O–H groups in total. The first-order valence-corrected chi connectivity index (χ1v) is 5.96. The second-order valence-electron chi connectivity index (χ2n) is 4.21. The quantitative estimate of drug-likeness (QED) is 0.848. The maximum Gasteiger partial charge on any atom is 0.247 e. The molecule has 1 heterocycles. The highest BCUT2D eigenvalue weighted by molar-refractivity contribution is 6.00. The van der Waals surface area contributed by atoms with Gasteiger partial charge in [-0.15, -0.1) is 0 Å². The lowest BCUT2D eigenvalue weighted by atomic mass is 10.2. The van der Waals surface area contributed by atoms with E-state index in [0.717, 1.165) is 0 Å². The molecular formula is C13H16N2O4. The molecule has 1 aromatic rings. The molecular weight excluding hydrogens is 248 g/mol. The van der Waals surface area contributed by atoms with Crippen molar-refractivity contribution < 1.29 is 19.1 Å². The molecule has 102 valence electrons. The van der Waals surface area contributed by atoms with Gasteiger partial charge in [0.1, 0.15) is 17.5 Å². The summed E-state index contributed by atoms with van der Waals surface area (Å²) < 4.78 is 10.3. The van der Waals surface area contributed by atoms with Gasteiger partial charge in [0.05, 0.1) is 19.9 Å². The van der Waals surface area contributed by atoms with Gasteiger partial charge in [-0.3, -0.25) is 9.59 Å². The summed E-state index contributed by atoms with van der Waals surface area (Å²) in [5.41, 5.74) is 0.521. The Hall–Kier alpha value is -2.24. The van der Waals surface area contributed by atoms with E-state index >= 15 is 0 Å². The lowest BCUT2D eigenvalue weighted by Gasteiger charge is -2.14. The summed E-state index contributed by atoms with van der Waals surface area (Å²) >= 11 is 0. The number of amides is 2. The third-order valence-corrected chi connectivity index (χ3v) is 2.98. The van der Waals surface area contributed by atoms with Crippen LogP contribution in [0.5, 0.6) is 11.5 Å². The average Bonchev–Trinajstić information content (AvgIpc) is 2.85. The lowest BCUT2D eigenvalue weighted by molar-refractivity contribution is -0.122. The molecule has 1 aliphatic heterocycles. The van der Waals surface area contributed by atoms with Crippen molar-refractivity contribution in [2.24, 2.45) is 0 Å². The van der Waals surface area contributed by atoms with Crippen LogP contribution in [0.2, 0.25) is 0 Å². The van der Waals surface area contributed by atoms with Crippen LogP contribution in [0.3, 0.4) is 0 Å². The molecule has 1 aromatic carbocycles. The molecule has 1 saturated heterocycles. The standard InChI is InChI=1S/C13H16N2O4/c1-18-8-3-5-11(19-2)10(7-8)15-13(17)9-4-6-12(16)14-9/h3,5,7,9H,4,6H2,1-2H3,(H,14,16)(H,15,17)/t9-/m1/s1. The minimum atomic E-state index is -0.483. The highest BCUT2D eigenvalue weighted by Crippen LogP contribution is 2.29. The lowest BCUT2D eigenvalue weighted by Crippen LogP contribution is -2.37. The summed E-state index contributed by atoms with van der Waals surface area (Å²) in [6.07, 6.45) is 0.893. The van der Waals surface area contributed by atoms with Gasteiger partial charge >= 0.3 is 0 Å². The zero-order valence-corrected chi connectivity index (χ0v) is 10.9. The number of anilines is 1. The minimum absolute atomic E-state index is 0.0993. The van der Waals surface area contributed by atoms with E-state index in [-0.39, 0.29) is 11.8 Å². The van der Waals surface area contributed by atoms with Crippen LogP contribution in [-0.4, -0.2) is 32.1 Å². The van der Waals surface area contributed by atoms with E-state index < -0.39 is 6.04 Å². The molecule has 0 aromatic heterocycles. The third-order valence-electron chi connectivity index (χ3n) is 2.98. The van der Waals surface area contributed by atoms with Gasteiger partial charge < -0.3 is 20.1 Å². The summed E-state index contributed by atoms with van der Waals surface area (Å²) in [4.78, 5) is 23.1. The molecule has 2 amide bonds. The first kappa shape index (κ1) is 13.2. The molecule has 0 radical (unpaired) electrons. The number of benzene rings is 1. The predicted molar refractivity (Wildman–Crippen MR) is 69.3 cm³/mol. The number of nitrogens with one attached hydrogen (secondary N) is 2. The van der Waals surface area contributed by atoms with Gasteiger partial charge in [0.15, 0.2) is 0 Å². The Kier molecular flexibility index (Phi) is 3.89. The molecule has 6 heteroatoms. The van der Waals surface area contributed by atoms with Crippen molar-refractivity contribution in [3.8, 4) is 11.5 Å². The number of rotatable bonds is 4. The molecule has 1 atom stereocenters. The zero-order valence-electron chi connectivity index (χ0n) is 10.9. The summed E-state index contributed by atoms with van der Waals surface area (Å²) in [6, 6.07) is 4.64. The van der Waals surface area contributed by atoms with E-state index in [1.807, 2.05) is 0 Å². The van der Waals surface area contributed by atoms with E-state index in [1.165, 1.54) is 7.11 Å². The van der Waals surface area contributed by atoms with Crippen molar-refractivity contribution in [2.75, 3.05) is 19.5 Å². The van der Waals surface area contributed by atoms with Gasteiger partial charge in [-0.25, -0.2) is 0 Å². The molecule has 1 fully saturated rings. The molecule has 0 unspecified atom stereocenters. The van der Waals surface area contributed by atoms with E-state index in [0.29, 0.717) is 30.0 Å². The molecule has 0 bridgehead atoms. The Bertz CT molecular complexity index is 501. The predicted octanol–water partition coefficient (Wildman–Crippen LogP) is 0.921. The van der Waals surface area contributed by atoms with E-state index in [4.69, 9.17) is 9.47 Å². The van der Waals surface area contributed by atoms with Crippen molar-refractivity contribution in [2.45, 2.75) is 18.9 Å². The Balaban J connectivity index is 2.13. The molecule has 2 rings (SSSR count). The summed E-state index contributed by atoms with van der Waals surface area (Å²) in [7, 11) is 3.07. The summed E-state index contributed by atoms with van der Waals surface area (Å²) in [5, 5.41) is 5.36. The fourth-order valence-electron chi connectivity index (χ4n) is 1.94. The Morgan fingerprint density at radius 3 is 2.74 bits per heavy atom. The normalized spacial score (nSPS) is 17.8. The molecule has 0 aliphatic carbocycles. The van der Waals surface area contributed by atoms with Crippen LogP contribution in [0.25, 0.3) is 0 Å². The maximum absolute atomic E-state index is 12.0. The van der Waals surface area contributed by atoms with Crippen LogP contribution in [0, 0.1) is 0 Å². The van der Waals surface area contributed by atoms with Crippen molar-refractivity contribution in [3.05, 3.63) is 18.2 Å². The van der Waals surface area contributed by atoms with Crippen molar-refractivity contribution in [1.29, 1.82) is 0 Å². The first-order chi connectivity index (χ1) is 9.13. The number of hydrogen-bond donors (Lipinski definition) is 2. The summed E-state index contributed by atoms with van der Waals surface area (Å²) in [5.74, 6) is 0.806. The van der Waals surface area contributed by atoms with E-state index in [2.05, 4.69) is 10.6 Å². The molecule has 19 heavy (non-hydrogen) atoms. The van der Waals surface area contributed by atoms with Crippen LogP contribution in [0.1, 0.15) is 12.8 Å². The van der Waals surface area contributed by atoms with Crippen LogP contribution >= 0.6 is 0 Å². The average molecular weight is 264 g/mol. The largest absolute Gasteiger partial charge is 0.497 e. The van der Waals surface area contributed by atoms with Gasteiger partial charge in [0.2, 0.25) is 11.8 Å². The van der Waals surface area contributed by atoms with Gasteiger partial charge in [-0.2, -0.15) is 0 Å². The van der Waals surface area contributed by atoms with Crippen LogP contribution in [-0.2, 0) is 9.59 Å². The van der Waals surface area contributed by atoms with Gasteiger partial charge in [0, 0.05) is 12.5 Å². The monoisotopic (exact) mass is 264 g/mol. The minimum Gasteiger partial charge on any atom is -0.497 e. The van der Waals surface area contributed by atoms with Crippen molar-refractivity contribution in [1.82, 2.24) is 5.32 Å². The fraction of sp³-hybridized carbons (Fsp3) is 0.385. The summed E-state index contributed by atoms with van der Waals surface area (Å²) in [6.45, 7) is 0. The Labute approximate surface area is 111 Å². The van der Waals surface area contributed by atoms with Crippen molar-refractivity contribution >= 4 is 17.5 Å². The maximum atomic E-state index is 12.0. The van der Waals surface area contributed by atoms with E-state index in [9.17, 15) is 9.59 Å². The molecule has 1 aliphatic rings. The number of carbonyl (C=O) groups excluding carboxylic acids is 2. The Morgan fingerprint density at radius 1 is 1.37 bits per heavy atom. The van der Waals surface area contributed by atoms with Crippen LogP contribution < -0.4 is 20.1 Å². The molecule has 0 saturated carbocycles.